The van der Waals surface area contributed by atoms with Gasteiger partial charge < -0.3 is 0 Å². The molecule has 0 bridgehead atoms. The average molecular weight is 295 g/mol. The Morgan fingerprint density at radius 1 is 1.21 bits per heavy atom. The highest BCUT2D eigenvalue weighted by atomic mass is 35.5. The van der Waals surface area contributed by atoms with Crippen molar-refractivity contribution in [2.75, 3.05) is 0 Å². The zero-order valence-electron chi connectivity index (χ0n) is 10.3. The summed E-state index contributed by atoms with van der Waals surface area (Å²) >= 11 is 7.33. The monoisotopic (exact) mass is 294 g/mol. The Hall–Kier alpha value is -1.32. The number of thioether (sulfide) groups is 1. The Balaban J connectivity index is 2.15. The van der Waals surface area contributed by atoms with E-state index in [2.05, 4.69) is 0 Å². The lowest BCUT2D eigenvalue weighted by Gasteiger charge is -2.07. The maximum atomic E-state index is 13.1. The van der Waals surface area contributed by atoms with Crippen molar-refractivity contribution in [1.29, 1.82) is 0 Å². The SMILES string of the molecule is CC(=O)c1cc(F)ccc1SCc1ccc(Cl)cc1. The molecule has 0 spiro atoms. The molecule has 0 heterocycles. The number of hydrogen-bond acceptors (Lipinski definition) is 2. The number of carbonyl (C=O) groups is 1. The maximum absolute atomic E-state index is 13.1. The minimum atomic E-state index is -0.388. The lowest BCUT2D eigenvalue weighted by molar-refractivity contribution is 0.101. The molecule has 4 heteroatoms. The van der Waals surface area contributed by atoms with Gasteiger partial charge in [0, 0.05) is 21.2 Å². The Labute approximate surface area is 120 Å². The summed E-state index contributed by atoms with van der Waals surface area (Å²) in [6, 6.07) is 11.8. The standard InChI is InChI=1S/C15H12ClFOS/c1-10(18)14-8-13(17)6-7-15(14)19-9-11-2-4-12(16)5-3-11/h2-8H,9H2,1H3. The summed E-state index contributed by atoms with van der Waals surface area (Å²) in [5, 5.41) is 0.694. The van der Waals surface area contributed by atoms with E-state index in [1.54, 1.807) is 6.07 Å². The molecule has 0 saturated heterocycles. The van der Waals surface area contributed by atoms with E-state index < -0.39 is 0 Å². The van der Waals surface area contributed by atoms with Gasteiger partial charge in [0.15, 0.2) is 5.78 Å². The van der Waals surface area contributed by atoms with E-state index in [0.717, 1.165) is 10.5 Å². The molecule has 2 aromatic rings. The van der Waals surface area contributed by atoms with Gasteiger partial charge in [0.1, 0.15) is 5.82 Å². The molecule has 1 nitrogen and oxygen atoms in total. The van der Waals surface area contributed by atoms with Gasteiger partial charge in [0.2, 0.25) is 0 Å². The molecule has 0 N–H and O–H groups in total. The van der Waals surface area contributed by atoms with Crippen LogP contribution in [0.25, 0.3) is 0 Å². The molecular weight excluding hydrogens is 283 g/mol. The number of ketones is 1. The van der Waals surface area contributed by atoms with Gasteiger partial charge >= 0.3 is 0 Å². The van der Waals surface area contributed by atoms with Crippen LogP contribution in [0.2, 0.25) is 5.02 Å². The van der Waals surface area contributed by atoms with Crippen LogP contribution in [-0.4, -0.2) is 5.78 Å². The molecule has 98 valence electrons. The van der Waals surface area contributed by atoms with Crippen LogP contribution in [0.4, 0.5) is 4.39 Å². The van der Waals surface area contributed by atoms with Gasteiger partial charge in [-0.25, -0.2) is 4.39 Å². The van der Waals surface area contributed by atoms with Crippen LogP contribution in [-0.2, 0) is 5.75 Å². The number of Topliss-reactive ketones (excluding diaryl/α,β-unsaturated/α-hetero) is 1. The predicted octanol–water partition coefficient (Wildman–Crippen LogP) is 4.97. The van der Waals surface area contributed by atoms with Crippen molar-refractivity contribution in [2.24, 2.45) is 0 Å². The van der Waals surface area contributed by atoms with Crippen LogP contribution < -0.4 is 0 Å². The molecule has 2 aromatic carbocycles. The molecular formula is C15H12ClFOS. The molecule has 0 aliphatic heterocycles. The molecule has 0 aliphatic carbocycles. The molecule has 0 aromatic heterocycles. The summed E-state index contributed by atoms with van der Waals surface area (Å²) in [6.45, 7) is 1.45. The summed E-state index contributed by atoms with van der Waals surface area (Å²) < 4.78 is 13.1. The zero-order chi connectivity index (χ0) is 13.8. The molecule has 0 aliphatic rings. The summed E-state index contributed by atoms with van der Waals surface area (Å²) in [5.74, 6) is 0.197. The summed E-state index contributed by atoms with van der Waals surface area (Å²) in [4.78, 5) is 12.3. The van der Waals surface area contributed by atoms with Crippen molar-refractivity contribution in [3.63, 3.8) is 0 Å². The summed E-state index contributed by atoms with van der Waals surface area (Å²) in [5.41, 5.74) is 1.53. The topological polar surface area (TPSA) is 17.1 Å². The van der Waals surface area contributed by atoms with Crippen LogP contribution in [0.1, 0.15) is 22.8 Å². The van der Waals surface area contributed by atoms with Crippen LogP contribution >= 0.6 is 23.4 Å². The quantitative estimate of drug-likeness (QED) is 0.585. The van der Waals surface area contributed by atoms with Crippen molar-refractivity contribution in [3.8, 4) is 0 Å². The van der Waals surface area contributed by atoms with Crippen molar-refractivity contribution >= 4 is 29.1 Å². The van der Waals surface area contributed by atoms with Crippen molar-refractivity contribution in [1.82, 2.24) is 0 Å². The number of benzene rings is 2. The van der Waals surface area contributed by atoms with Gasteiger partial charge in [-0.3, -0.25) is 4.79 Å². The first kappa shape index (κ1) is 14.1. The number of halogens is 2. The highest BCUT2D eigenvalue weighted by molar-refractivity contribution is 7.98. The number of rotatable bonds is 4. The molecule has 19 heavy (non-hydrogen) atoms. The average Bonchev–Trinajstić information content (AvgIpc) is 2.39. The van der Waals surface area contributed by atoms with E-state index in [1.807, 2.05) is 24.3 Å². The summed E-state index contributed by atoms with van der Waals surface area (Å²) in [7, 11) is 0. The second-order valence-corrected chi connectivity index (χ2v) is 5.57. The van der Waals surface area contributed by atoms with Gasteiger partial charge in [0.05, 0.1) is 0 Å². The highest BCUT2D eigenvalue weighted by Crippen LogP contribution is 2.27. The normalized spacial score (nSPS) is 10.5. The molecule has 0 saturated carbocycles. The van der Waals surface area contributed by atoms with E-state index in [9.17, 15) is 9.18 Å². The van der Waals surface area contributed by atoms with Gasteiger partial charge in [-0.1, -0.05) is 23.7 Å². The fourth-order valence-corrected chi connectivity index (χ4v) is 2.81. The van der Waals surface area contributed by atoms with Gasteiger partial charge in [-0.15, -0.1) is 11.8 Å². The molecule has 2 rings (SSSR count). The van der Waals surface area contributed by atoms with E-state index in [1.165, 1.54) is 30.8 Å². The molecule has 0 radical (unpaired) electrons. The highest BCUT2D eigenvalue weighted by Gasteiger charge is 2.09. The lowest BCUT2D eigenvalue weighted by Crippen LogP contribution is -1.96. The molecule has 0 unspecified atom stereocenters. The molecule has 0 amide bonds. The van der Waals surface area contributed by atoms with E-state index in [-0.39, 0.29) is 11.6 Å². The van der Waals surface area contributed by atoms with E-state index in [0.29, 0.717) is 16.3 Å². The Morgan fingerprint density at radius 2 is 1.89 bits per heavy atom. The second-order valence-electron chi connectivity index (χ2n) is 4.11. The minimum absolute atomic E-state index is 0.127. The lowest BCUT2D eigenvalue weighted by atomic mass is 10.1. The third kappa shape index (κ3) is 3.82. The largest absolute Gasteiger partial charge is 0.294 e. The fraction of sp³-hybridized carbons (Fsp3) is 0.133. The Bertz CT molecular complexity index is 596. The van der Waals surface area contributed by atoms with Gasteiger partial charge in [-0.2, -0.15) is 0 Å². The molecule has 0 fully saturated rings. The van der Waals surface area contributed by atoms with Crippen LogP contribution in [0.5, 0.6) is 0 Å². The minimum Gasteiger partial charge on any atom is -0.294 e. The predicted molar refractivity (Wildman–Crippen MR) is 77.4 cm³/mol. The van der Waals surface area contributed by atoms with Crippen LogP contribution in [0.3, 0.4) is 0 Å². The summed E-state index contributed by atoms with van der Waals surface area (Å²) in [6.07, 6.45) is 0. The van der Waals surface area contributed by atoms with Crippen molar-refractivity contribution in [2.45, 2.75) is 17.6 Å². The Morgan fingerprint density at radius 3 is 2.53 bits per heavy atom. The first-order valence-corrected chi connectivity index (χ1v) is 7.10. The number of hydrogen-bond donors (Lipinski definition) is 0. The first-order valence-electron chi connectivity index (χ1n) is 5.74. The van der Waals surface area contributed by atoms with E-state index in [4.69, 9.17) is 11.6 Å². The fourth-order valence-electron chi connectivity index (χ4n) is 1.64. The second kappa shape index (κ2) is 6.22. The van der Waals surface area contributed by atoms with E-state index >= 15 is 0 Å². The third-order valence-electron chi connectivity index (χ3n) is 2.63. The van der Waals surface area contributed by atoms with Crippen LogP contribution in [0.15, 0.2) is 47.4 Å². The van der Waals surface area contributed by atoms with Crippen molar-refractivity contribution < 1.29 is 9.18 Å². The molecule has 0 atom stereocenters. The maximum Gasteiger partial charge on any atom is 0.161 e. The smallest absolute Gasteiger partial charge is 0.161 e. The van der Waals surface area contributed by atoms with Gasteiger partial charge in [-0.05, 0) is 42.8 Å². The Kier molecular flexibility index (Phi) is 4.61. The zero-order valence-corrected chi connectivity index (χ0v) is 11.9. The van der Waals surface area contributed by atoms with Crippen molar-refractivity contribution in [3.05, 3.63) is 64.4 Å². The first-order chi connectivity index (χ1) is 9.06. The number of carbonyl (C=O) groups excluding carboxylic acids is 1. The third-order valence-corrected chi connectivity index (χ3v) is 4.03. The van der Waals surface area contributed by atoms with Crippen LogP contribution in [0, 0.1) is 5.82 Å². The van der Waals surface area contributed by atoms with Gasteiger partial charge in [0.25, 0.3) is 0 Å².